The molecule has 1 saturated heterocycles. The van der Waals surface area contributed by atoms with Gasteiger partial charge in [0.15, 0.2) is 0 Å². The molecular weight excluding hydrogens is 196 g/mol. The van der Waals surface area contributed by atoms with Crippen molar-refractivity contribution >= 4 is 0 Å². The molecule has 0 aromatic rings. The van der Waals surface area contributed by atoms with Gasteiger partial charge in [0.1, 0.15) is 0 Å². The summed E-state index contributed by atoms with van der Waals surface area (Å²) in [4.78, 5) is 2.64. The molecule has 0 aromatic carbocycles. The van der Waals surface area contributed by atoms with Crippen LogP contribution in [0.15, 0.2) is 0 Å². The number of nitrogens with two attached hydrogens (primary N) is 1. The van der Waals surface area contributed by atoms with Crippen molar-refractivity contribution in [2.75, 3.05) is 19.6 Å². The van der Waals surface area contributed by atoms with E-state index in [1.54, 1.807) is 0 Å². The number of nitrogens with zero attached hydrogens (tertiary/aromatic N) is 1. The van der Waals surface area contributed by atoms with Gasteiger partial charge in [0.05, 0.1) is 0 Å². The summed E-state index contributed by atoms with van der Waals surface area (Å²) in [6, 6.07) is 0.398. The average Bonchev–Trinajstić information content (AvgIpc) is 2.72. The van der Waals surface area contributed by atoms with Gasteiger partial charge in [-0.3, -0.25) is 0 Å². The highest BCUT2D eigenvalue weighted by atomic mass is 15.1. The Morgan fingerprint density at radius 1 is 1.19 bits per heavy atom. The zero-order chi connectivity index (χ0) is 11.6. The Morgan fingerprint density at radius 2 is 1.88 bits per heavy atom. The topological polar surface area (TPSA) is 29.3 Å². The van der Waals surface area contributed by atoms with Crippen molar-refractivity contribution in [3.05, 3.63) is 0 Å². The average molecular weight is 224 g/mol. The highest BCUT2D eigenvalue weighted by molar-refractivity contribution is 4.89. The van der Waals surface area contributed by atoms with Crippen LogP contribution < -0.4 is 5.73 Å². The third-order valence-electron chi connectivity index (χ3n) is 4.72. The van der Waals surface area contributed by atoms with Gasteiger partial charge in [0.2, 0.25) is 0 Å². The van der Waals surface area contributed by atoms with E-state index in [4.69, 9.17) is 5.73 Å². The fraction of sp³-hybridized carbons (Fsp3) is 1.00. The van der Waals surface area contributed by atoms with Crippen LogP contribution in [0.2, 0.25) is 0 Å². The summed E-state index contributed by atoms with van der Waals surface area (Å²) in [5, 5.41) is 0. The number of hydrogen-bond acceptors (Lipinski definition) is 2. The molecule has 2 N–H and O–H groups in total. The molecule has 2 rings (SSSR count). The molecule has 0 bridgehead atoms. The van der Waals surface area contributed by atoms with E-state index in [1.165, 1.54) is 58.2 Å². The van der Waals surface area contributed by atoms with E-state index in [-0.39, 0.29) is 0 Å². The lowest BCUT2D eigenvalue weighted by Gasteiger charge is -2.43. The molecule has 2 nitrogen and oxygen atoms in total. The Labute approximate surface area is 101 Å². The first-order chi connectivity index (χ1) is 7.58. The van der Waals surface area contributed by atoms with Crippen LogP contribution in [-0.4, -0.2) is 30.6 Å². The monoisotopic (exact) mass is 224 g/mol. The van der Waals surface area contributed by atoms with Crippen molar-refractivity contribution in [1.29, 1.82) is 0 Å². The minimum Gasteiger partial charge on any atom is -0.327 e. The van der Waals surface area contributed by atoms with Crippen LogP contribution in [0.25, 0.3) is 0 Å². The predicted molar refractivity (Wildman–Crippen MR) is 69.4 cm³/mol. The number of likely N-dealkylation sites (tertiary alicyclic amines) is 1. The number of rotatable bonds is 3. The zero-order valence-electron chi connectivity index (χ0n) is 11.0. The highest BCUT2D eigenvalue weighted by Crippen LogP contribution is 2.30. The molecule has 0 radical (unpaired) electrons. The molecule has 1 heterocycles. The second-order valence-corrected chi connectivity index (χ2v) is 6.60. The lowest BCUT2D eigenvalue weighted by Crippen LogP contribution is -2.52. The first kappa shape index (κ1) is 12.4. The van der Waals surface area contributed by atoms with E-state index < -0.39 is 0 Å². The molecule has 16 heavy (non-hydrogen) atoms. The van der Waals surface area contributed by atoms with Crippen molar-refractivity contribution in [1.82, 2.24) is 4.90 Å². The first-order valence-corrected chi connectivity index (χ1v) is 7.06. The second kappa shape index (κ2) is 5.05. The predicted octanol–water partition coefficient (Wildman–Crippen LogP) is 2.63. The van der Waals surface area contributed by atoms with Crippen molar-refractivity contribution in [3.8, 4) is 0 Å². The minimum atomic E-state index is 0.313. The molecule has 1 atom stereocenters. The Hall–Kier alpha value is -0.0800. The van der Waals surface area contributed by atoms with Crippen molar-refractivity contribution in [2.45, 2.75) is 58.4 Å². The second-order valence-electron chi connectivity index (χ2n) is 6.60. The molecule has 1 aliphatic carbocycles. The fourth-order valence-corrected chi connectivity index (χ4v) is 3.34. The van der Waals surface area contributed by atoms with Crippen LogP contribution in [0.1, 0.15) is 52.4 Å². The van der Waals surface area contributed by atoms with E-state index in [9.17, 15) is 0 Å². The summed E-state index contributed by atoms with van der Waals surface area (Å²) < 4.78 is 0. The summed E-state index contributed by atoms with van der Waals surface area (Å²) in [6.07, 6.45) is 8.51. The van der Waals surface area contributed by atoms with E-state index in [2.05, 4.69) is 18.7 Å². The van der Waals surface area contributed by atoms with Gasteiger partial charge >= 0.3 is 0 Å². The molecule has 1 unspecified atom stereocenters. The van der Waals surface area contributed by atoms with Gasteiger partial charge in [-0.25, -0.2) is 0 Å². The van der Waals surface area contributed by atoms with Crippen LogP contribution in [0.3, 0.4) is 0 Å². The standard InChI is InChI=1S/C14H28N2/c1-14(2)11-16(10-8-13(14)15)9-7-12-5-3-4-6-12/h12-13H,3-11,15H2,1-2H3. The van der Waals surface area contributed by atoms with Gasteiger partial charge in [-0.2, -0.15) is 0 Å². The molecular formula is C14H28N2. The van der Waals surface area contributed by atoms with Gasteiger partial charge in [0, 0.05) is 12.6 Å². The summed E-state index contributed by atoms with van der Waals surface area (Å²) in [5.74, 6) is 1.03. The largest absolute Gasteiger partial charge is 0.327 e. The van der Waals surface area contributed by atoms with Crippen molar-refractivity contribution < 1.29 is 0 Å². The summed E-state index contributed by atoms with van der Waals surface area (Å²) in [7, 11) is 0. The Kier molecular flexibility index (Phi) is 3.91. The van der Waals surface area contributed by atoms with Crippen molar-refractivity contribution in [3.63, 3.8) is 0 Å². The molecule has 0 aromatic heterocycles. The summed E-state index contributed by atoms with van der Waals surface area (Å²) in [5.41, 5.74) is 6.48. The maximum Gasteiger partial charge on any atom is 0.0115 e. The van der Waals surface area contributed by atoms with Gasteiger partial charge in [-0.05, 0) is 37.3 Å². The molecule has 1 saturated carbocycles. The molecule has 1 aliphatic heterocycles. The quantitative estimate of drug-likeness (QED) is 0.798. The first-order valence-electron chi connectivity index (χ1n) is 7.06. The Morgan fingerprint density at radius 3 is 2.50 bits per heavy atom. The Bertz CT molecular complexity index is 219. The van der Waals surface area contributed by atoms with Crippen molar-refractivity contribution in [2.24, 2.45) is 17.1 Å². The van der Waals surface area contributed by atoms with Gasteiger partial charge < -0.3 is 10.6 Å². The summed E-state index contributed by atoms with van der Waals surface area (Å²) in [6.45, 7) is 8.36. The van der Waals surface area contributed by atoms with Crippen LogP contribution >= 0.6 is 0 Å². The molecule has 2 fully saturated rings. The lowest BCUT2D eigenvalue weighted by molar-refractivity contribution is 0.0906. The molecule has 0 spiro atoms. The van der Waals surface area contributed by atoms with Crippen LogP contribution in [0.4, 0.5) is 0 Å². The Balaban J connectivity index is 1.74. The van der Waals surface area contributed by atoms with Crippen LogP contribution in [-0.2, 0) is 0 Å². The third kappa shape index (κ3) is 2.98. The van der Waals surface area contributed by atoms with Gasteiger partial charge in [-0.1, -0.05) is 39.5 Å². The molecule has 0 amide bonds. The molecule has 2 aliphatic rings. The highest BCUT2D eigenvalue weighted by Gasteiger charge is 2.33. The maximum atomic E-state index is 6.17. The van der Waals surface area contributed by atoms with E-state index in [0.29, 0.717) is 11.5 Å². The summed E-state index contributed by atoms with van der Waals surface area (Å²) >= 11 is 0. The molecule has 2 heteroatoms. The van der Waals surface area contributed by atoms with Gasteiger partial charge in [-0.15, -0.1) is 0 Å². The van der Waals surface area contributed by atoms with E-state index in [0.717, 1.165) is 5.92 Å². The van der Waals surface area contributed by atoms with Crippen LogP contribution in [0, 0.1) is 11.3 Å². The zero-order valence-corrected chi connectivity index (χ0v) is 11.0. The van der Waals surface area contributed by atoms with E-state index >= 15 is 0 Å². The fourth-order valence-electron chi connectivity index (χ4n) is 3.34. The third-order valence-corrected chi connectivity index (χ3v) is 4.72. The van der Waals surface area contributed by atoms with Crippen LogP contribution in [0.5, 0.6) is 0 Å². The number of piperidine rings is 1. The van der Waals surface area contributed by atoms with Gasteiger partial charge in [0.25, 0.3) is 0 Å². The SMILES string of the molecule is CC1(C)CN(CCC2CCCC2)CCC1N. The minimum absolute atomic E-state index is 0.313. The van der Waals surface area contributed by atoms with E-state index in [1.807, 2.05) is 0 Å². The lowest BCUT2D eigenvalue weighted by atomic mass is 9.79. The smallest absolute Gasteiger partial charge is 0.0115 e. The molecule has 94 valence electrons. The number of hydrogen-bond donors (Lipinski definition) is 1. The normalized spacial score (nSPS) is 32.1. The maximum absolute atomic E-state index is 6.17.